The Hall–Kier alpha value is -1.94. The lowest BCUT2D eigenvalue weighted by molar-refractivity contribution is 0.199. The number of halogens is 2. The molecule has 0 fully saturated rings. The van der Waals surface area contributed by atoms with Gasteiger partial charge in [-0.2, -0.15) is 0 Å². The van der Waals surface area contributed by atoms with E-state index < -0.39 is 6.10 Å². The highest BCUT2D eigenvalue weighted by atomic mass is 19.1. The molecule has 0 radical (unpaired) electrons. The van der Waals surface area contributed by atoms with Crippen LogP contribution in [0.3, 0.4) is 0 Å². The third-order valence-corrected chi connectivity index (χ3v) is 3.48. The van der Waals surface area contributed by atoms with Crippen molar-refractivity contribution >= 4 is 5.69 Å². The molecule has 0 spiro atoms. The number of benzene rings is 2. The minimum absolute atomic E-state index is 0.285. The number of aliphatic hydroxyl groups is 1. The van der Waals surface area contributed by atoms with E-state index in [1.807, 2.05) is 18.0 Å². The Kier molecular flexibility index (Phi) is 4.58. The molecule has 0 heterocycles. The molecule has 2 nitrogen and oxygen atoms in total. The number of anilines is 1. The molecule has 21 heavy (non-hydrogen) atoms. The average Bonchev–Trinajstić information content (AvgIpc) is 2.41. The zero-order chi connectivity index (χ0) is 15.6. The van der Waals surface area contributed by atoms with E-state index in [1.54, 1.807) is 26.0 Å². The third-order valence-electron chi connectivity index (χ3n) is 3.48. The zero-order valence-corrected chi connectivity index (χ0v) is 12.4. The second kappa shape index (κ2) is 6.22. The first-order valence-corrected chi connectivity index (χ1v) is 6.82. The van der Waals surface area contributed by atoms with Crippen LogP contribution in [0.5, 0.6) is 0 Å². The maximum absolute atomic E-state index is 13.7. The van der Waals surface area contributed by atoms with Gasteiger partial charge in [-0.1, -0.05) is 12.1 Å². The summed E-state index contributed by atoms with van der Waals surface area (Å²) < 4.78 is 26.9. The van der Waals surface area contributed by atoms with Crippen LogP contribution in [0.4, 0.5) is 14.5 Å². The van der Waals surface area contributed by atoms with Gasteiger partial charge in [0, 0.05) is 24.8 Å². The van der Waals surface area contributed by atoms with Crippen LogP contribution < -0.4 is 4.90 Å². The molecule has 0 aromatic heterocycles. The number of aliphatic hydroxyl groups excluding tert-OH is 1. The van der Waals surface area contributed by atoms with Crippen LogP contribution in [0.2, 0.25) is 0 Å². The normalized spacial score (nSPS) is 12.3. The highest BCUT2D eigenvalue weighted by Gasteiger charge is 2.15. The highest BCUT2D eigenvalue weighted by molar-refractivity contribution is 5.56. The standard InChI is InChI=1S/C17H19F2NO/c1-11-7-17(15(12(2)21)9-16(11)19)20(3)10-13-5-4-6-14(18)8-13/h4-9,12,21H,10H2,1-3H3/t12-/m0/s1. The van der Waals surface area contributed by atoms with E-state index in [4.69, 9.17) is 0 Å². The maximum atomic E-state index is 13.7. The van der Waals surface area contributed by atoms with Crippen LogP contribution in [0.15, 0.2) is 36.4 Å². The number of hydrogen-bond donors (Lipinski definition) is 1. The van der Waals surface area contributed by atoms with Gasteiger partial charge in [0.2, 0.25) is 0 Å². The SMILES string of the molecule is Cc1cc(N(C)Cc2cccc(F)c2)c([C@H](C)O)cc1F. The molecule has 1 atom stereocenters. The van der Waals surface area contributed by atoms with E-state index in [0.29, 0.717) is 17.7 Å². The molecule has 0 saturated heterocycles. The van der Waals surface area contributed by atoms with Gasteiger partial charge < -0.3 is 10.0 Å². The quantitative estimate of drug-likeness (QED) is 0.921. The van der Waals surface area contributed by atoms with Gasteiger partial charge in [0.15, 0.2) is 0 Å². The van der Waals surface area contributed by atoms with Crippen LogP contribution in [0.25, 0.3) is 0 Å². The molecule has 2 aromatic carbocycles. The van der Waals surface area contributed by atoms with Crippen LogP contribution >= 0.6 is 0 Å². The predicted octanol–water partition coefficient (Wildman–Crippen LogP) is 3.96. The minimum Gasteiger partial charge on any atom is -0.389 e. The molecule has 2 aromatic rings. The average molecular weight is 291 g/mol. The molecule has 0 aliphatic heterocycles. The van der Waals surface area contributed by atoms with Gasteiger partial charge in [-0.15, -0.1) is 0 Å². The summed E-state index contributed by atoms with van der Waals surface area (Å²) in [6.07, 6.45) is -0.773. The van der Waals surface area contributed by atoms with Crippen LogP contribution in [0, 0.1) is 18.6 Å². The van der Waals surface area contributed by atoms with Crippen molar-refractivity contribution in [2.45, 2.75) is 26.5 Å². The van der Waals surface area contributed by atoms with Crippen molar-refractivity contribution in [3.63, 3.8) is 0 Å². The fraction of sp³-hybridized carbons (Fsp3) is 0.294. The second-order valence-electron chi connectivity index (χ2n) is 5.32. The van der Waals surface area contributed by atoms with Gasteiger partial charge in [-0.05, 0) is 49.2 Å². The minimum atomic E-state index is -0.773. The van der Waals surface area contributed by atoms with E-state index in [1.165, 1.54) is 18.2 Å². The van der Waals surface area contributed by atoms with E-state index in [9.17, 15) is 13.9 Å². The first kappa shape index (κ1) is 15.4. The van der Waals surface area contributed by atoms with Gasteiger partial charge in [0.05, 0.1) is 6.10 Å². The Morgan fingerprint density at radius 1 is 1.19 bits per heavy atom. The summed E-state index contributed by atoms with van der Waals surface area (Å²) in [5.41, 5.74) is 2.60. The number of hydrogen-bond acceptors (Lipinski definition) is 2. The van der Waals surface area contributed by atoms with Gasteiger partial charge in [-0.25, -0.2) is 8.78 Å². The Morgan fingerprint density at radius 3 is 2.52 bits per heavy atom. The van der Waals surface area contributed by atoms with Crippen LogP contribution in [-0.2, 0) is 6.54 Å². The molecule has 4 heteroatoms. The van der Waals surface area contributed by atoms with E-state index in [2.05, 4.69) is 0 Å². The highest BCUT2D eigenvalue weighted by Crippen LogP contribution is 2.29. The van der Waals surface area contributed by atoms with Gasteiger partial charge in [-0.3, -0.25) is 0 Å². The third kappa shape index (κ3) is 3.58. The zero-order valence-electron chi connectivity index (χ0n) is 12.4. The predicted molar refractivity (Wildman–Crippen MR) is 80.3 cm³/mol. The maximum Gasteiger partial charge on any atom is 0.126 e. The molecule has 0 aliphatic rings. The van der Waals surface area contributed by atoms with Crippen molar-refractivity contribution in [1.82, 2.24) is 0 Å². The Bertz CT molecular complexity index is 641. The van der Waals surface area contributed by atoms with Crippen molar-refractivity contribution in [3.05, 3.63) is 64.7 Å². The van der Waals surface area contributed by atoms with Crippen LogP contribution in [-0.4, -0.2) is 12.2 Å². The Balaban J connectivity index is 2.34. The molecule has 2 rings (SSSR count). The Morgan fingerprint density at radius 2 is 1.90 bits per heavy atom. The first-order valence-electron chi connectivity index (χ1n) is 6.82. The summed E-state index contributed by atoms with van der Waals surface area (Å²) in [4.78, 5) is 1.88. The topological polar surface area (TPSA) is 23.5 Å². The molecule has 1 N–H and O–H groups in total. The van der Waals surface area contributed by atoms with Crippen molar-refractivity contribution < 1.29 is 13.9 Å². The fourth-order valence-corrected chi connectivity index (χ4v) is 2.34. The van der Waals surface area contributed by atoms with E-state index >= 15 is 0 Å². The van der Waals surface area contributed by atoms with Crippen LogP contribution in [0.1, 0.15) is 29.7 Å². The second-order valence-corrected chi connectivity index (χ2v) is 5.32. The molecular formula is C17H19F2NO. The molecule has 0 amide bonds. The summed E-state index contributed by atoms with van der Waals surface area (Å²) in [5.74, 6) is -0.624. The lowest BCUT2D eigenvalue weighted by Gasteiger charge is -2.24. The first-order chi connectivity index (χ1) is 9.88. The fourth-order valence-electron chi connectivity index (χ4n) is 2.34. The lowest BCUT2D eigenvalue weighted by Crippen LogP contribution is -2.19. The Labute approximate surface area is 123 Å². The molecule has 0 aliphatic carbocycles. The smallest absolute Gasteiger partial charge is 0.126 e. The van der Waals surface area contributed by atoms with Crippen molar-refractivity contribution in [2.75, 3.05) is 11.9 Å². The number of rotatable bonds is 4. The number of nitrogens with zero attached hydrogens (tertiary/aromatic N) is 1. The number of aryl methyl sites for hydroxylation is 1. The molecule has 0 bridgehead atoms. The van der Waals surface area contributed by atoms with Gasteiger partial charge >= 0.3 is 0 Å². The van der Waals surface area contributed by atoms with E-state index in [-0.39, 0.29) is 11.6 Å². The van der Waals surface area contributed by atoms with Crippen molar-refractivity contribution in [3.8, 4) is 0 Å². The van der Waals surface area contributed by atoms with Gasteiger partial charge in [0.1, 0.15) is 11.6 Å². The molecule has 0 unspecified atom stereocenters. The van der Waals surface area contributed by atoms with Gasteiger partial charge in [0.25, 0.3) is 0 Å². The summed E-state index contributed by atoms with van der Waals surface area (Å²) >= 11 is 0. The summed E-state index contributed by atoms with van der Waals surface area (Å²) in [6, 6.07) is 9.41. The largest absolute Gasteiger partial charge is 0.389 e. The summed E-state index contributed by atoms with van der Waals surface area (Å²) in [6.45, 7) is 3.76. The monoisotopic (exact) mass is 291 g/mol. The molecule has 0 saturated carbocycles. The van der Waals surface area contributed by atoms with E-state index in [0.717, 1.165) is 11.3 Å². The van der Waals surface area contributed by atoms with Crippen molar-refractivity contribution in [1.29, 1.82) is 0 Å². The lowest BCUT2D eigenvalue weighted by atomic mass is 10.0. The van der Waals surface area contributed by atoms with Crippen molar-refractivity contribution in [2.24, 2.45) is 0 Å². The molecule has 112 valence electrons. The summed E-state index contributed by atoms with van der Waals surface area (Å²) in [5, 5.41) is 9.83. The molecular weight excluding hydrogens is 272 g/mol. The summed E-state index contributed by atoms with van der Waals surface area (Å²) in [7, 11) is 1.84.